The van der Waals surface area contributed by atoms with Crippen molar-refractivity contribution in [3.05, 3.63) is 0 Å². The van der Waals surface area contributed by atoms with Crippen molar-refractivity contribution >= 4 is 12.0 Å². The molecule has 1 aliphatic rings. The molecule has 0 bridgehead atoms. The number of nitrogens with zero attached hydrogens (tertiary/aromatic N) is 2. The second-order valence-electron chi connectivity index (χ2n) is 5.30. The first-order valence-electron chi connectivity index (χ1n) is 6.81. The number of carboxylic acids is 1. The number of ether oxygens (including phenoxy) is 1. The smallest absolute Gasteiger partial charge is 0.323 e. The van der Waals surface area contributed by atoms with Crippen molar-refractivity contribution in [1.29, 1.82) is 0 Å². The molecule has 1 saturated heterocycles. The van der Waals surface area contributed by atoms with Crippen molar-refractivity contribution in [2.24, 2.45) is 5.92 Å². The zero-order chi connectivity index (χ0) is 14.4. The van der Waals surface area contributed by atoms with Crippen LogP contribution >= 0.6 is 0 Å². The Bertz CT molecular complexity index is 320. The molecule has 1 unspecified atom stereocenters. The van der Waals surface area contributed by atoms with E-state index in [2.05, 4.69) is 0 Å². The maximum absolute atomic E-state index is 12.4. The fourth-order valence-corrected chi connectivity index (χ4v) is 2.15. The summed E-state index contributed by atoms with van der Waals surface area (Å²) in [4.78, 5) is 26.3. The van der Waals surface area contributed by atoms with Gasteiger partial charge in [0.1, 0.15) is 6.54 Å². The number of carbonyl (C=O) groups is 2. The number of carbonyl (C=O) groups excluding carboxylic acids is 1. The van der Waals surface area contributed by atoms with Crippen LogP contribution in [-0.4, -0.2) is 65.8 Å². The topological polar surface area (TPSA) is 70.1 Å². The van der Waals surface area contributed by atoms with Crippen LogP contribution in [0.15, 0.2) is 0 Å². The van der Waals surface area contributed by atoms with Gasteiger partial charge < -0.3 is 19.6 Å². The van der Waals surface area contributed by atoms with E-state index in [9.17, 15) is 9.59 Å². The van der Waals surface area contributed by atoms with E-state index in [4.69, 9.17) is 9.84 Å². The van der Waals surface area contributed by atoms with Gasteiger partial charge in [-0.3, -0.25) is 4.79 Å². The Labute approximate surface area is 114 Å². The van der Waals surface area contributed by atoms with E-state index in [1.807, 2.05) is 20.8 Å². The molecule has 6 nitrogen and oxygen atoms in total. The first kappa shape index (κ1) is 15.8. The summed E-state index contributed by atoms with van der Waals surface area (Å²) < 4.78 is 5.52. The number of amides is 2. The molecule has 1 heterocycles. The molecule has 0 saturated carbocycles. The third-order valence-corrected chi connectivity index (χ3v) is 3.05. The zero-order valence-electron chi connectivity index (χ0n) is 12.0. The van der Waals surface area contributed by atoms with E-state index in [1.165, 1.54) is 4.90 Å². The van der Waals surface area contributed by atoms with Gasteiger partial charge in [0, 0.05) is 19.6 Å². The summed E-state index contributed by atoms with van der Waals surface area (Å²) in [6.07, 6.45) is 0.913. The molecular weight excluding hydrogens is 248 g/mol. The van der Waals surface area contributed by atoms with Gasteiger partial charge in [0.2, 0.25) is 0 Å². The largest absolute Gasteiger partial charge is 0.480 e. The minimum Gasteiger partial charge on any atom is -0.480 e. The van der Waals surface area contributed by atoms with Crippen LogP contribution in [0, 0.1) is 5.92 Å². The number of hydrogen-bond donors (Lipinski definition) is 1. The molecule has 0 aromatic carbocycles. The summed E-state index contributed by atoms with van der Waals surface area (Å²) in [5.41, 5.74) is 0. The normalized spacial score (nSPS) is 19.6. The lowest BCUT2D eigenvalue weighted by molar-refractivity contribution is -0.138. The Morgan fingerprint density at radius 1 is 1.47 bits per heavy atom. The summed E-state index contributed by atoms with van der Waals surface area (Å²) in [6, 6.07) is -0.196. The van der Waals surface area contributed by atoms with Crippen LogP contribution in [-0.2, 0) is 9.53 Å². The Hall–Kier alpha value is -1.30. The van der Waals surface area contributed by atoms with Crippen molar-refractivity contribution in [2.45, 2.75) is 33.3 Å². The highest BCUT2D eigenvalue weighted by Gasteiger charge is 2.28. The Kier molecular flexibility index (Phi) is 6.08. The zero-order valence-corrected chi connectivity index (χ0v) is 12.0. The van der Waals surface area contributed by atoms with Gasteiger partial charge in [-0.15, -0.1) is 0 Å². The third-order valence-electron chi connectivity index (χ3n) is 3.05. The average Bonchev–Trinajstić information content (AvgIpc) is 2.36. The van der Waals surface area contributed by atoms with Crippen molar-refractivity contribution in [3.8, 4) is 0 Å². The SMILES string of the molecule is CCC1CN(C(=O)N(CC(=O)O)CC(C)C)CCO1. The number of urea groups is 1. The average molecular weight is 272 g/mol. The molecule has 1 N–H and O–H groups in total. The molecule has 1 aliphatic heterocycles. The van der Waals surface area contributed by atoms with Gasteiger partial charge in [-0.05, 0) is 12.3 Å². The minimum atomic E-state index is -0.977. The second-order valence-corrected chi connectivity index (χ2v) is 5.30. The van der Waals surface area contributed by atoms with Crippen molar-refractivity contribution in [1.82, 2.24) is 9.80 Å². The first-order chi connectivity index (χ1) is 8.93. The summed E-state index contributed by atoms with van der Waals surface area (Å²) in [6.45, 7) is 7.76. The van der Waals surface area contributed by atoms with Gasteiger partial charge in [0.15, 0.2) is 0 Å². The Balaban J connectivity index is 2.66. The van der Waals surface area contributed by atoms with Gasteiger partial charge >= 0.3 is 12.0 Å². The van der Waals surface area contributed by atoms with Crippen molar-refractivity contribution in [3.63, 3.8) is 0 Å². The lowest BCUT2D eigenvalue weighted by Gasteiger charge is -2.36. The van der Waals surface area contributed by atoms with Crippen molar-refractivity contribution in [2.75, 3.05) is 32.8 Å². The Morgan fingerprint density at radius 2 is 2.16 bits per heavy atom. The molecule has 19 heavy (non-hydrogen) atoms. The van der Waals surface area contributed by atoms with Crippen LogP contribution in [0.1, 0.15) is 27.2 Å². The summed E-state index contributed by atoms with van der Waals surface area (Å²) in [5.74, 6) is -0.736. The molecule has 0 radical (unpaired) electrons. The van der Waals surface area contributed by atoms with E-state index in [1.54, 1.807) is 4.90 Å². The third kappa shape index (κ3) is 5.06. The molecule has 2 amide bonds. The lowest BCUT2D eigenvalue weighted by atomic mass is 10.2. The van der Waals surface area contributed by atoms with Gasteiger partial charge in [-0.2, -0.15) is 0 Å². The number of rotatable bonds is 5. The predicted octanol–water partition coefficient (Wildman–Crippen LogP) is 1.26. The maximum Gasteiger partial charge on any atom is 0.323 e. The summed E-state index contributed by atoms with van der Waals surface area (Å²) in [5, 5.41) is 8.91. The molecule has 6 heteroatoms. The fraction of sp³-hybridized carbons (Fsp3) is 0.846. The number of carboxylic acid groups (broad SMARTS) is 1. The van der Waals surface area contributed by atoms with E-state index in [0.29, 0.717) is 26.2 Å². The van der Waals surface area contributed by atoms with Crippen LogP contribution < -0.4 is 0 Å². The van der Waals surface area contributed by atoms with Crippen LogP contribution in [0.25, 0.3) is 0 Å². The quantitative estimate of drug-likeness (QED) is 0.818. The monoisotopic (exact) mass is 272 g/mol. The molecule has 0 spiro atoms. The van der Waals surface area contributed by atoms with E-state index in [0.717, 1.165) is 6.42 Å². The van der Waals surface area contributed by atoms with Crippen LogP contribution in [0.4, 0.5) is 4.79 Å². The highest BCUT2D eigenvalue weighted by Crippen LogP contribution is 2.12. The summed E-state index contributed by atoms with van der Waals surface area (Å²) in [7, 11) is 0. The molecule has 0 aromatic rings. The van der Waals surface area contributed by atoms with Crippen LogP contribution in [0.2, 0.25) is 0 Å². The fourth-order valence-electron chi connectivity index (χ4n) is 2.15. The number of morpholine rings is 1. The highest BCUT2D eigenvalue weighted by atomic mass is 16.5. The number of aliphatic carboxylic acids is 1. The number of hydrogen-bond acceptors (Lipinski definition) is 3. The molecule has 1 fully saturated rings. The van der Waals surface area contributed by atoms with Gasteiger partial charge in [0.05, 0.1) is 12.7 Å². The van der Waals surface area contributed by atoms with Gasteiger partial charge in [-0.1, -0.05) is 20.8 Å². The van der Waals surface area contributed by atoms with E-state index < -0.39 is 5.97 Å². The molecule has 0 aliphatic carbocycles. The van der Waals surface area contributed by atoms with Gasteiger partial charge in [-0.25, -0.2) is 4.79 Å². The van der Waals surface area contributed by atoms with E-state index in [-0.39, 0.29) is 24.6 Å². The lowest BCUT2D eigenvalue weighted by Crippen LogP contribution is -2.52. The van der Waals surface area contributed by atoms with E-state index >= 15 is 0 Å². The first-order valence-corrected chi connectivity index (χ1v) is 6.81. The minimum absolute atomic E-state index is 0.0587. The standard InChI is InChI=1S/C13H24N2O4/c1-4-11-8-14(5-6-19-11)13(18)15(7-10(2)3)9-12(16)17/h10-11H,4-9H2,1-3H3,(H,16,17). The molecule has 0 aromatic heterocycles. The predicted molar refractivity (Wildman–Crippen MR) is 71.0 cm³/mol. The molecular formula is C13H24N2O4. The van der Waals surface area contributed by atoms with Crippen LogP contribution in [0.5, 0.6) is 0 Å². The molecule has 1 rings (SSSR count). The molecule has 110 valence electrons. The van der Waals surface area contributed by atoms with Gasteiger partial charge in [0.25, 0.3) is 0 Å². The second kappa shape index (κ2) is 7.33. The van der Waals surface area contributed by atoms with Crippen LogP contribution in [0.3, 0.4) is 0 Å². The molecule has 1 atom stereocenters. The Morgan fingerprint density at radius 3 is 2.68 bits per heavy atom. The highest BCUT2D eigenvalue weighted by molar-refractivity contribution is 5.80. The summed E-state index contributed by atoms with van der Waals surface area (Å²) >= 11 is 0. The van der Waals surface area contributed by atoms with Crippen molar-refractivity contribution < 1.29 is 19.4 Å². The maximum atomic E-state index is 12.4.